The fourth-order valence-electron chi connectivity index (χ4n) is 1.49. The number of nitrogens with zero attached hydrogens (tertiary/aromatic N) is 1. The molecule has 0 aliphatic rings. The molecule has 100 valence electrons. The van der Waals surface area contributed by atoms with Gasteiger partial charge in [0, 0.05) is 4.90 Å². The highest BCUT2D eigenvalue weighted by Crippen LogP contribution is 2.35. The molecule has 0 fully saturated rings. The molecule has 0 radical (unpaired) electrons. The van der Waals surface area contributed by atoms with Crippen molar-refractivity contribution < 1.29 is 13.2 Å². The number of pyridine rings is 1. The molecule has 0 unspecified atom stereocenters. The lowest BCUT2D eigenvalue weighted by atomic mass is 10.2. The molecule has 0 bridgehead atoms. The van der Waals surface area contributed by atoms with Gasteiger partial charge in [-0.05, 0) is 31.2 Å². The summed E-state index contributed by atoms with van der Waals surface area (Å²) in [6, 6.07) is 9.26. The van der Waals surface area contributed by atoms with E-state index in [9.17, 15) is 13.2 Å². The molecule has 2 rings (SSSR count). The maximum atomic E-state index is 12.7. The van der Waals surface area contributed by atoms with Crippen molar-refractivity contribution in [2.45, 2.75) is 23.0 Å². The van der Waals surface area contributed by atoms with Crippen LogP contribution in [-0.4, -0.2) is 4.98 Å². The standard InChI is InChI=1S/C13H9ClF3NS/c1-8-3-2-4-10(5-8)19-12-7-9(13(15,16)17)6-11(14)18-12/h2-7H,1H3. The predicted octanol–water partition coefficient (Wildman–Crippen LogP) is 5.21. The largest absolute Gasteiger partial charge is 0.416 e. The van der Waals surface area contributed by atoms with E-state index in [1.807, 2.05) is 31.2 Å². The molecule has 0 N–H and O–H groups in total. The van der Waals surface area contributed by atoms with Crippen LogP contribution in [0, 0.1) is 6.92 Å². The summed E-state index contributed by atoms with van der Waals surface area (Å²) >= 11 is 6.78. The summed E-state index contributed by atoms with van der Waals surface area (Å²) in [6.45, 7) is 1.91. The predicted molar refractivity (Wildman–Crippen MR) is 69.6 cm³/mol. The maximum absolute atomic E-state index is 12.7. The van der Waals surface area contributed by atoms with Crippen LogP contribution in [0.5, 0.6) is 0 Å². The normalized spacial score (nSPS) is 11.6. The van der Waals surface area contributed by atoms with Crippen molar-refractivity contribution >= 4 is 23.4 Å². The van der Waals surface area contributed by atoms with Crippen LogP contribution in [0.25, 0.3) is 0 Å². The molecular weight excluding hydrogens is 295 g/mol. The Morgan fingerprint density at radius 1 is 1.16 bits per heavy atom. The molecule has 0 saturated carbocycles. The second-order valence-corrected chi connectivity index (χ2v) is 5.41. The molecule has 1 aromatic heterocycles. The van der Waals surface area contributed by atoms with Crippen molar-refractivity contribution in [3.63, 3.8) is 0 Å². The van der Waals surface area contributed by atoms with Crippen molar-refractivity contribution in [2.75, 3.05) is 0 Å². The van der Waals surface area contributed by atoms with Crippen LogP contribution in [0.2, 0.25) is 5.15 Å². The minimum atomic E-state index is -4.42. The van der Waals surface area contributed by atoms with E-state index in [0.717, 1.165) is 34.4 Å². The Hall–Kier alpha value is -1.20. The number of alkyl halides is 3. The van der Waals surface area contributed by atoms with Gasteiger partial charge in [-0.1, -0.05) is 41.1 Å². The Morgan fingerprint density at radius 3 is 2.53 bits per heavy atom. The summed E-state index contributed by atoms with van der Waals surface area (Å²) in [7, 11) is 0. The van der Waals surface area contributed by atoms with Gasteiger partial charge in [-0.2, -0.15) is 13.2 Å². The van der Waals surface area contributed by atoms with E-state index >= 15 is 0 Å². The first-order valence-electron chi connectivity index (χ1n) is 5.34. The van der Waals surface area contributed by atoms with E-state index in [1.54, 1.807) is 0 Å². The lowest BCUT2D eigenvalue weighted by Gasteiger charge is -2.09. The SMILES string of the molecule is Cc1cccc(Sc2cc(C(F)(F)F)cc(Cl)n2)c1. The van der Waals surface area contributed by atoms with E-state index in [2.05, 4.69) is 4.98 Å². The van der Waals surface area contributed by atoms with Crippen LogP contribution in [0.1, 0.15) is 11.1 Å². The molecule has 0 saturated heterocycles. The summed E-state index contributed by atoms with van der Waals surface area (Å²) in [4.78, 5) is 4.72. The van der Waals surface area contributed by atoms with Crippen LogP contribution in [0.3, 0.4) is 0 Å². The summed E-state index contributed by atoms with van der Waals surface area (Å²) in [5.41, 5.74) is 0.241. The van der Waals surface area contributed by atoms with E-state index in [-0.39, 0.29) is 10.2 Å². The summed E-state index contributed by atoms with van der Waals surface area (Å²) in [5.74, 6) is 0. The summed E-state index contributed by atoms with van der Waals surface area (Å²) in [6.07, 6.45) is -4.42. The molecule has 1 heterocycles. The Balaban J connectivity index is 2.33. The molecule has 19 heavy (non-hydrogen) atoms. The maximum Gasteiger partial charge on any atom is 0.416 e. The third kappa shape index (κ3) is 3.88. The fourth-order valence-corrected chi connectivity index (χ4v) is 2.71. The first-order valence-corrected chi connectivity index (χ1v) is 6.53. The van der Waals surface area contributed by atoms with E-state index in [0.29, 0.717) is 0 Å². The molecule has 6 heteroatoms. The minimum Gasteiger partial charge on any atom is -0.229 e. The zero-order chi connectivity index (χ0) is 14.0. The number of halogens is 4. The number of aromatic nitrogens is 1. The number of hydrogen-bond donors (Lipinski definition) is 0. The topological polar surface area (TPSA) is 12.9 Å². The van der Waals surface area contributed by atoms with Gasteiger partial charge >= 0.3 is 6.18 Å². The van der Waals surface area contributed by atoms with Crippen LogP contribution in [0.4, 0.5) is 13.2 Å². The Labute approximate surface area is 117 Å². The Kier molecular flexibility index (Phi) is 4.06. The summed E-state index contributed by atoms with van der Waals surface area (Å²) < 4.78 is 38.0. The number of hydrogen-bond acceptors (Lipinski definition) is 2. The van der Waals surface area contributed by atoms with Crippen molar-refractivity contribution in [1.82, 2.24) is 4.98 Å². The average Bonchev–Trinajstić information content (AvgIpc) is 2.26. The fraction of sp³-hybridized carbons (Fsp3) is 0.154. The highest BCUT2D eigenvalue weighted by Gasteiger charge is 2.31. The third-order valence-electron chi connectivity index (χ3n) is 2.31. The van der Waals surface area contributed by atoms with Gasteiger partial charge in [0.25, 0.3) is 0 Å². The lowest BCUT2D eigenvalue weighted by molar-refractivity contribution is -0.137. The minimum absolute atomic E-state index is 0.162. The summed E-state index contributed by atoms with van der Waals surface area (Å²) in [5, 5.41) is 0.0652. The molecule has 0 aliphatic carbocycles. The smallest absolute Gasteiger partial charge is 0.229 e. The van der Waals surface area contributed by atoms with Crippen molar-refractivity contribution in [1.29, 1.82) is 0 Å². The van der Waals surface area contributed by atoms with Crippen LogP contribution < -0.4 is 0 Å². The van der Waals surface area contributed by atoms with Crippen LogP contribution >= 0.6 is 23.4 Å². The first-order chi connectivity index (χ1) is 8.84. The highest BCUT2D eigenvalue weighted by molar-refractivity contribution is 7.99. The number of rotatable bonds is 2. The molecule has 0 amide bonds. The zero-order valence-corrected chi connectivity index (χ0v) is 11.4. The third-order valence-corrected chi connectivity index (χ3v) is 3.41. The van der Waals surface area contributed by atoms with Gasteiger partial charge in [0.05, 0.1) is 5.56 Å². The Morgan fingerprint density at radius 2 is 1.89 bits per heavy atom. The van der Waals surface area contributed by atoms with Gasteiger partial charge in [-0.3, -0.25) is 0 Å². The van der Waals surface area contributed by atoms with Crippen molar-refractivity contribution in [3.05, 3.63) is 52.7 Å². The zero-order valence-electron chi connectivity index (χ0n) is 9.83. The Bertz CT molecular complexity index is 599. The molecule has 1 nitrogen and oxygen atoms in total. The molecule has 2 aromatic rings. The van der Waals surface area contributed by atoms with Gasteiger partial charge in [0.2, 0.25) is 0 Å². The monoisotopic (exact) mass is 303 g/mol. The van der Waals surface area contributed by atoms with E-state index in [4.69, 9.17) is 11.6 Å². The van der Waals surface area contributed by atoms with Crippen molar-refractivity contribution in [3.8, 4) is 0 Å². The molecule has 0 aliphatic heterocycles. The van der Waals surface area contributed by atoms with E-state index in [1.165, 1.54) is 0 Å². The quantitative estimate of drug-likeness (QED) is 0.706. The molecule has 0 atom stereocenters. The molecule has 0 spiro atoms. The average molecular weight is 304 g/mol. The van der Waals surface area contributed by atoms with Crippen LogP contribution in [-0.2, 0) is 6.18 Å². The number of benzene rings is 1. The highest BCUT2D eigenvalue weighted by atomic mass is 35.5. The van der Waals surface area contributed by atoms with Crippen molar-refractivity contribution in [2.24, 2.45) is 0 Å². The number of aryl methyl sites for hydroxylation is 1. The van der Waals surface area contributed by atoms with Gasteiger partial charge in [0.15, 0.2) is 0 Å². The van der Waals surface area contributed by atoms with Gasteiger partial charge in [0.1, 0.15) is 10.2 Å². The van der Waals surface area contributed by atoms with Gasteiger partial charge < -0.3 is 0 Å². The van der Waals surface area contributed by atoms with Gasteiger partial charge in [-0.15, -0.1) is 0 Å². The van der Waals surface area contributed by atoms with Gasteiger partial charge in [-0.25, -0.2) is 4.98 Å². The molecular formula is C13H9ClF3NS. The van der Waals surface area contributed by atoms with E-state index < -0.39 is 11.7 Å². The second-order valence-electron chi connectivity index (χ2n) is 3.93. The molecule has 1 aromatic carbocycles. The lowest BCUT2D eigenvalue weighted by Crippen LogP contribution is -2.05. The second kappa shape index (κ2) is 5.43. The first kappa shape index (κ1) is 14.2. The van der Waals surface area contributed by atoms with Crippen LogP contribution in [0.15, 0.2) is 46.3 Å².